The summed E-state index contributed by atoms with van der Waals surface area (Å²) in [6.45, 7) is 4.87. The Morgan fingerprint density at radius 1 is 1.53 bits per heavy atom. The summed E-state index contributed by atoms with van der Waals surface area (Å²) in [7, 11) is 1.66. The summed E-state index contributed by atoms with van der Waals surface area (Å²) in [6, 6.07) is 1.82. The molecule has 0 aromatic heterocycles. The molecule has 0 aliphatic carbocycles. The van der Waals surface area contributed by atoms with Crippen LogP contribution in [0, 0.1) is 0 Å². The molecule has 2 rings (SSSR count). The second-order valence-electron chi connectivity index (χ2n) is 4.36. The van der Waals surface area contributed by atoms with E-state index in [0.29, 0.717) is 12.3 Å². The van der Waals surface area contributed by atoms with Crippen LogP contribution in [0.15, 0.2) is 10.5 Å². The Kier molecular flexibility index (Phi) is 2.34. The van der Waals surface area contributed by atoms with Gasteiger partial charge in [-0.25, -0.2) is 0 Å². The standard InChI is InChI=1S/C11H14BrNO2/c1-11(2)5-15-10-7(13)4-6(12)9(14-3)8(10)11/h4H,5,13H2,1-3H3. The monoisotopic (exact) mass is 271 g/mol. The van der Waals surface area contributed by atoms with Gasteiger partial charge in [-0.3, -0.25) is 0 Å². The highest BCUT2D eigenvalue weighted by Gasteiger charge is 2.37. The fourth-order valence-electron chi connectivity index (χ4n) is 1.93. The number of methoxy groups -OCH3 is 1. The van der Waals surface area contributed by atoms with Crippen LogP contribution in [0.5, 0.6) is 11.5 Å². The number of halogens is 1. The van der Waals surface area contributed by atoms with Gasteiger partial charge in [0, 0.05) is 11.0 Å². The van der Waals surface area contributed by atoms with Crippen molar-refractivity contribution < 1.29 is 9.47 Å². The van der Waals surface area contributed by atoms with E-state index in [9.17, 15) is 0 Å². The summed E-state index contributed by atoms with van der Waals surface area (Å²) in [4.78, 5) is 0. The van der Waals surface area contributed by atoms with Crippen molar-refractivity contribution in [2.24, 2.45) is 0 Å². The zero-order valence-corrected chi connectivity index (χ0v) is 10.6. The molecule has 2 N–H and O–H groups in total. The maximum atomic E-state index is 5.91. The highest BCUT2D eigenvalue weighted by Crippen LogP contribution is 2.50. The molecule has 0 spiro atoms. The maximum absolute atomic E-state index is 5.91. The minimum absolute atomic E-state index is 0.0570. The van der Waals surface area contributed by atoms with E-state index in [1.165, 1.54) is 0 Å². The van der Waals surface area contributed by atoms with Crippen LogP contribution in [0.25, 0.3) is 0 Å². The summed E-state index contributed by atoms with van der Waals surface area (Å²) >= 11 is 3.45. The second kappa shape index (κ2) is 3.30. The lowest BCUT2D eigenvalue weighted by molar-refractivity contribution is 0.290. The topological polar surface area (TPSA) is 44.5 Å². The summed E-state index contributed by atoms with van der Waals surface area (Å²) < 4.78 is 11.9. The molecule has 0 fully saturated rings. The first-order chi connectivity index (χ1) is 6.97. The number of ether oxygens (including phenoxy) is 2. The van der Waals surface area contributed by atoms with E-state index < -0.39 is 0 Å². The number of hydrogen-bond acceptors (Lipinski definition) is 3. The Labute approximate surface area is 97.7 Å². The molecule has 1 aliphatic rings. The smallest absolute Gasteiger partial charge is 0.149 e. The molecule has 0 saturated heterocycles. The van der Waals surface area contributed by atoms with Gasteiger partial charge in [0.15, 0.2) is 0 Å². The molecule has 0 amide bonds. The average molecular weight is 272 g/mol. The Morgan fingerprint density at radius 2 is 2.20 bits per heavy atom. The van der Waals surface area contributed by atoms with Crippen molar-refractivity contribution in [2.75, 3.05) is 19.5 Å². The lowest BCUT2D eigenvalue weighted by atomic mass is 9.86. The van der Waals surface area contributed by atoms with Gasteiger partial charge in [0.05, 0.1) is 23.9 Å². The second-order valence-corrected chi connectivity index (χ2v) is 5.21. The zero-order valence-electron chi connectivity index (χ0n) is 9.06. The van der Waals surface area contributed by atoms with Gasteiger partial charge in [-0.1, -0.05) is 13.8 Å². The number of hydrogen-bond donors (Lipinski definition) is 1. The van der Waals surface area contributed by atoms with Crippen molar-refractivity contribution in [3.8, 4) is 11.5 Å². The number of anilines is 1. The van der Waals surface area contributed by atoms with Crippen molar-refractivity contribution in [1.82, 2.24) is 0 Å². The number of nitrogen functional groups attached to an aromatic ring is 1. The van der Waals surface area contributed by atoms with Gasteiger partial charge in [-0.2, -0.15) is 0 Å². The predicted octanol–water partition coefficient (Wildman–Crippen LogP) is 2.71. The van der Waals surface area contributed by atoms with Crippen molar-refractivity contribution in [3.63, 3.8) is 0 Å². The maximum Gasteiger partial charge on any atom is 0.149 e. The van der Waals surface area contributed by atoms with Gasteiger partial charge in [-0.15, -0.1) is 0 Å². The van der Waals surface area contributed by atoms with Crippen LogP contribution in [0.2, 0.25) is 0 Å². The van der Waals surface area contributed by atoms with E-state index in [1.807, 2.05) is 6.07 Å². The minimum atomic E-state index is -0.0570. The minimum Gasteiger partial charge on any atom is -0.495 e. The fourth-order valence-corrected chi connectivity index (χ4v) is 2.54. The Morgan fingerprint density at radius 3 is 2.80 bits per heavy atom. The fraction of sp³-hybridized carbons (Fsp3) is 0.455. The van der Waals surface area contributed by atoms with Gasteiger partial charge in [0.25, 0.3) is 0 Å². The molecule has 0 saturated carbocycles. The first-order valence-corrected chi connectivity index (χ1v) is 5.56. The Hall–Kier alpha value is -0.900. The van der Waals surface area contributed by atoms with Crippen molar-refractivity contribution >= 4 is 21.6 Å². The molecule has 1 heterocycles. The normalized spacial score (nSPS) is 17.1. The van der Waals surface area contributed by atoms with Gasteiger partial charge in [0.1, 0.15) is 11.5 Å². The largest absolute Gasteiger partial charge is 0.495 e. The molecular formula is C11H14BrNO2. The number of fused-ring (bicyclic) bond motifs is 1. The van der Waals surface area contributed by atoms with Crippen molar-refractivity contribution in [3.05, 3.63) is 16.1 Å². The molecule has 15 heavy (non-hydrogen) atoms. The van der Waals surface area contributed by atoms with Crippen molar-refractivity contribution in [1.29, 1.82) is 0 Å². The van der Waals surface area contributed by atoms with Crippen molar-refractivity contribution in [2.45, 2.75) is 19.3 Å². The van der Waals surface area contributed by atoms with Crippen LogP contribution in [0.4, 0.5) is 5.69 Å². The number of nitrogens with two attached hydrogens (primary N) is 1. The number of rotatable bonds is 1. The third-order valence-electron chi connectivity index (χ3n) is 2.67. The Bertz CT molecular complexity index is 416. The van der Waals surface area contributed by atoms with Crippen LogP contribution in [0.1, 0.15) is 19.4 Å². The lowest BCUT2D eigenvalue weighted by Crippen LogP contribution is -2.19. The molecule has 1 aromatic rings. The Balaban J connectivity index is 2.74. The molecule has 0 atom stereocenters. The predicted molar refractivity (Wildman–Crippen MR) is 63.6 cm³/mol. The van der Waals surface area contributed by atoms with E-state index in [0.717, 1.165) is 21.5 Å². The van der Waals surface area contributed by atoms with E-state index in [-0.39, 0.29) is 5.41 Å². The molecule has 0 bridgehead atoms. The first-order valence-electron chi connectivity index (χ1n) is 4.76. The third kappa shape index (κ3) is 1.47. The van der Waals surface area contributed by atoms with Crippen LogP contribution in [0.3, 0.4) is 0 Å². The molecular weight excluding hydrogens is 258 g/mol. The highest BCUT2D eigenvalue weighted by molar-refractivity contribution is 9.10. The van der Waals surface area contributed by atoms with E-state index >= 15 is 0 Å². The van der Waals surface area contributed by atoms with E-state index in [2.05, 4.69) is 29.8 Å². The summed E-state index contributed by atoms with van der Waals surface area (Å²) in [6.07, 6.45) is 0. The lowest BCUT2D eigenvalue weighted by Gasteiger charge is -2.19. The average Bonchev–Trinajstić information content (AvgIpc) is 2.44. The highest BCUT2D eigenvalue weighted by atomic mass is 79.9. The molecule has 1 aromatic carbocycles. The van der Waals surface area contributed by atoms with E-state index in [1.54, 1.807) is 7.11 Å². The molecule has 4 heteroatoms. The quantitative estimate of drug-likeness (QED) is 0.799. The van der Waals surface area contributed by atoms with Crippen LogP contribution >= 0.6 is 15.9 Å². The van der Waals surface area contributed by atoms with Gasteiger partial charge < -0.3 is 15.2 Å². The van der Waals surface area contributed by atoms with Gasteiger partial charge >= 0.3 is 0 Å². The summed E-state index contributed by atoms with van der Waals surface area (Å²) in [5.41, 5.74) is 7.56. The van der Waals surface area contributed by atoms with Gasteiger partial charge in [-0.05, 0) is 22.0 Å². The molecule has 3 nitrogen and oxygen atoms in total. The van der Waals surface area contributed by atoms with Crippen LogP contribution < -0.4 is 15.2 Å². The van der Waals surface area contributed by atoms with Crippen LogP contribution in [-0.4, -0.2) is 13.7 Å². The zero-order chi connectivity index (χ0) is 11.2. The molecule has 1 aliphatic heterocycles. The van der Waals surface area contributed by atoms with Gasteiger partial charge in [0.2, 0.25) is 0 Å². The summed E-state index contributed by atoms with van der Waals surface area (Å²) in [5, 5.41) is 0. The SMILES string of the molecule is COc1c(Br)cc(N)c2c1C(C)(C)CO2. The summed E-state index contributed by atoms with van der Waals surface area (Å²) in [5.74, 6) is 1.58. The number of benzene rings is 1. The first kappa shape index (κ1) is 10.6. The molecule has 0 unspecified atom stereocenters. The molecule has 82 valence electrons. The van der Waals surface area contributed by atoms with E-state index in [4.69, 9.17) is 15.2 Å². The van der Waals surface area contributed by atoms with Crippen LogP contribution in [-0.2, 0) is 5.41 Å². The molecule has 0 radical (unpaired) electrons. The third-order valence-corrected chi connectivity index (χ3v) is 3.26.